The summed E-state index contributed by atoms with van der Waals surface area (Å²) in [6, 6.07) is 12.8. The van der Waals surface area contributed by atoms with Crippen LogP contribution in [0, 0.1) is 0 Å². The quantitative estimate of drug-likeness (QED) is 0.539. The molecular weight excluding hydrogens is 406 g/mol. The molecule has 3 aromatic heterocycles. The van der Waals surface area contributed by atoms with Crippen molar-refractivity contribution < 1.29 is 4.79 Å². The molecule has 0 saturated carbocycles. The van der Waals surface area contributed by atoms with Gasteiger partial charge >= 0.3 is 5.69 Å². The number of nitrogens with one attached hydrogen (secondary N) is 1. The molecule has 1 saturated heterocycles. The molecule has 4 aromatic rings. The molecule has 0 unspecified atom stereocenters. The number of benzene rings is 1. The Morgan fingerprint density at radius 1 is 1.09 bits per heavy atom. The Labute approximate surface area is 184 Å². The number of carbonyl (C=O) groups is 1. The maximum atomic E-state index is 13.3. The molecule has 1 aliphatic rings. The van der Waals surface area contributed by atoms with Gasteiger partial charge in [0.05, 0.1) is 11.0 Å². The zero-order valence-electron chi connectivity index (χ0n) is 18.1. The summed E-state index contributed by atoms with van der Waals surface area (Å²) in [5.74, 6) is -0.264. The second-order valence-corrected chi connectivity index (χ2v) is 8.58. The summed E-state index contributed by atoms with van der Waals surface area (Å²) < 4.78 is 3.38. The van der Waals surface area contributed by atoms with E-state index in [-0.39, 0.29) is 34.8 Å². The lowest BCUT2D eigenvalue weighted by Crippen LogP contribution is -2.43. The summed E-state index contributed by atoms with van der Waals surface area (Å²) in [6.07, 6.45) is 2.96. The van der Waals surface area contributed by atoms with E-state index >= 15 is 0 Å². The molecule has 0 bridgehead atoms. The summed E-state index contributed by atoms with van der Waals surface area (Å²) >= 11 is 0. The first kappa shape index (κ1) is 20.2. The predicted molar refractivity (Wildman–Crippen MR) is 123 cm³/mol. The number of aromatic amines is 1. The fourth-order valence-corrected chi connectivity index (χ4v) is 4.73. The van der Waals surface area contributed by atoms with Crippen molar-refractivity contribution in [3.8, 4) is 0 Å². The number of hydrogen-bond donors (Lipinski definition) is 1. The van der Waals surface area contributed by atoms with Crippen molar-refractivity contribution in [2.75, 3.05) is 13.1 Å². The van der Waals surface area contributed by atoms with Gasteiger partial charge < -0.3 is 9.88 Å². The van der Waals surface area contributed by atoms with Crippen molar-refractivity contribution in [1.29, 1.82) is 0 Å². The fourth-order valence-electron chi connectivity index (χ4n) is 4.73. The maximum Gasteiger partial charge on any atom is 0.326 e. The van der Waals surface area contributed by atoms with Gasteiger partial charge in [-0.3, -0.25) is 18.7 Å². The van der Waals surface area contributed by atoms with E-state index in [1.165, 1.54) is 0 Å². The summed E-state index contributed by atoms with van der Waals surface area (Å²) in [7, 11) is 0. The van der Waals surface area contributed by atoms with Crippen LogP contribution in [0.2, 0.25) is 0 Å². The molecule has 4 heterocycles. The lowest BCUT2D eigenvalue weighted by Gasteiger charge is -2.32. The number of amides is 1. The minimum absolute atomic E-state index is 0.0100. The average Bonchev–Trinajstić information content (AvgIpc) is 3.13. The number of imidazole rings is 1. The number of pyridine rings is 2. The first-order valence-electron chi connectivity index (χ1n) is 10.9. The van der Waals surface area contributed by atoms with Crippen LogP contribution in [0.4, 0.5) is 0 Å². The van der Waals surface area contributed by atoms with Gasteiger partial charge in [-0.2, -0.15) is 0 Å². The standard InChI is InChI=1S/C24H25N5O3/c1-15(2)28-21-16(6-5-11-25-21)14-18(23(28)31)22(30)27-12-9-17(10-13-27)29-20-8-4-3-7-19(20)26-24(29)32/h3-8,11,14-15,17H,9-10,12-13H2,1-2H3,(H,26,32). The molecule has 0 atom stereocenters. The number of carbonyl (C=O) groups excluding carboxylic acids is 1. The van der Waals surface area contributed by atoms with E-state index in [1.54, 1.807) is 32.4 Å². The van der Waals surface area contributed by atoms with Crippen LogP contribution in [-0.2, 0) is 0 Å². The third-order valence-corrected chi connectivity index (χ3v) is 6.28. The molecular formula is C24H25N5O3. The van der Waals surface area contributed by atoms with Crippen molar-refractivity contribution in [2.45, 2.75) is 38.8 Å². The number of aromatic nitrogens is 4. The van der Waals surface area contributed by atoms with E-state index in [9.17, 15) is 14.4 Å². The van der Waals surface area contributed by atoms with Crippen molar-refractivity contribution >= 4 is 28.0 Å². The number of H-pyrrole nitrogens is 1. The molecule has 0 aliphatic carbocycles. The molecule has 0 spiro atoms. The normalized spacial score (nSPS) is 15.2. The van der Waals surface area contributed by atoms with Crippen LogP contribution in [0.5, 0.6) is 0 Å². The van der Waals surface area contributed by atoms with Gasteiger partial charge in [0, 0.05) is 36.8 Å². The van der Waals surface area contributed by atoms with Crippen LogP contribution < -0.4 is 11.2 Å². The number of piperidine rings is 1. The molecule has 1 aliphatic heterocycles. The van der Waals surface area contributed by atoms with E-state index in [1.807, 2.05) is 44.2 Å². The van der Waals surface area contributed by atoms with Gasteiger partial charge in [-0.15, -0.1) is 0 Å². The number of fused-ring (bicyclic) bond motifs is 2. The highest BCUT2D eigenvalue weighted by Crippen LogP contribution is 2.26. The van der Waals surface area contributed by atoms with Crippen molar-refractivity contribution in [2.24, 2.45) is 0 Å². The fraction of sp³-hybridized carbons (Fsp3) is 0.333. The highest BCUT2D eigenvalue weighted by atomic mass is 16.2. The molecule has 164 valence electrons. The van der Waals surface area contributed by atoms with Crippen molar-refractivity contribution in [1.82, 2.24) is 24.0 Å². The monoisotopic (exact) mass is 431 g/mol. The highest BCUT2D eigenvalue weighted by Gasteiger charge is 2.28. The predicted octanol–water partition coefficient (Wildman–Crippen LogP) is 3.10. The zero-order chi connectivity index (χ0) is 22.4. The van der Waals surface area contributed by atoms with E-state index < -0.39 is 0 Å². The maximum absolute atomic E-state index is 13.3. The lowest BCUT2D eigenvalue weighted by atomic mass is 10.0. The lowest BCUT2D eigenvalue weighted by molar-refractivity contribution is 0.0692. The SMILES string of the molecule is CC(C)n1c(=O)c(C(=O)N2CCC(n3c(=O)[nH]c4ccccc43)CC2)cc2cccnc21. The Morgan fingerprint density at radius 2 is 1.84 bits per heavy atom. The van der Waals surface area contributed by atoms with Gasteiger partial charge in [0.25, 0.3) is 11.5 Å². The summed E-state index contributed by atoms with van der Waals surface area (Å²) in [5.41, 5.74) is 2.01. The van der Waals surface area contributed by atoms with Gasteiger partial charge in [0.15, 0.2) is 0 Å². The largest absolute Gasteiger partial charge is 0.338 e. The summed E-state index contributed by atoms with van der Waals surface area (Å²) in [4.78, 5) is 48.0. The average molecular weight is 431 g/mol. The number of nitrogens with zero attached hydrogens (tertiary/aromatic N) is 4. The van der Waals surface area contributed by atoms with E-state index in [4.69, 9.17) is 0 Å². The van der Waals surface area contributed by atoms with Crippen molar-refractivity contribution in [3.63, 3.8) is 0 Å². The van der Waals surface area contributed by atoms with Crippen molar-refractivity contribution in [3.05, 3.63) is 75.1 Å². The third kappa shape index (κ3) is 3.23. The van der Waals surface area contributed by atoms with Crippen LogP contribution in [0.15, 0.2) is 58.3 Å². The molecule has 1 fully saturated rings. The molecule has 1 N–H and O–H groups in total. The smallest absolute Gasteiger partial charge is 0.326 e. The van der Waals surface area contributed by atoms with Crippen LogP contribution in [0.1, 0.15) is 49.1 Å². The van der Waals surface area contributed by atoms with E-state index in [0.29, 0.717) is 31.6 Å². The first-order valence-corrected chi connectivity index (χ1v) is 10.9. The van der Waals surface area contributed by atoms with E-state index in [2.05, 4.69) is 9.97 Å². The molecule has 1 aromatic carbocycles. The minimum atomic E-state index is -0.314. The molecule has 0 radical (unpaired) electrons. The number of rotatable bonds is 3. The van der Waals surface area contributed by atoms with Gasteiger partial charge in [-0.25, -0.2) is 9.78 Å². The molecule has 1 amide bonds. The zero-order valence-corrected chi connectivity index (χ0v) is 18.1. The third-order valence-electron chi connectivity index (χ3n) is 6.28. The van der Waals surface area contributed by atoms with Crippen LogP contribution in [0.25, 0.3) is 22.1 Å². The summed E-state index contributed by atoms with van der Waals surface area (Å²) in [5, 5.41) is 0.768. The second kappa shape index (κ2) is 7.78. The number of hydrogen-bond acceptors (Lipinski definition) is 4. The highest BCUT2D eigenvalue weighted by molar-refractivity contribution is 5.97. The first-order chi connectivity index (χ1) is 15.5. The summed E-state index contributed by atoms with van der Waals surface area (Å²) in [6.45, 7) is 4.80. The Hall–Kier alpha value is -3.68. The Morgan fingerprint density at radius 3 is 2.59 bits per heavy atom. The van der Waals surface area contributed by atoms with Gasteiger partial charge in [-0.05, 0) is 57.0 Å². The number of likely N-dealkylation sites (tertiary alicyclic amines) is 1. The van der Waals surface area contributed by atoms with Crippen LogP contribution in [-0.4, -0.2) is 43.0 Å². The van der Waals surface area contributed by atoms with E-state index in [0.717, 1.165) is 16.4 Å². The Balaban J connectivity index is 1.43. The molecule has 8 heteroatoms. The minimum Gasteiger partial charge on any atom is -0.338 e. The van der Waals surface area contributed by atoms with Gasteiger partial charge in [-0.1, -0.05) is 12.1 Å². The second-order valence-electron chi connectivity index (χ2n) is 8.58. The molecule has 5 rings (SSSR count). The number of para-hydroxylation sites is 2. The molecule has 32 heavy (non-hydrogen) atoms. The van der Waals surface area contributed by atoms with Gasteiger partial charge in [0.1, 0.15) is 11.2 Å². The van der Waals surface area contributed by atoms with Gasteiger partial charge in [0.2, 0.25) is 0 Å². The topological polar surface area (TPSA) is 93.0 Å². The van der Waals surface area contributed by atoms with Crippen LogP contribution in [0.3, 0.4) is 0 Å². The van der Waals surface area contributed by atoms with Crippen LogP contribution >= 0.6 is 0 Å². The Kier molecular flexibility index (Phi) is 4.92. The molecule has 8 nitrogen and oxygen atoms in total. The Bertz CT molecular complexity index is 1440.